The first-order chi connectivity index (χ1) is 8.09. The van der Waals surface area contributed by atoms with E-state index in [-0.39, 0.29) is 0 Å². The Morgan fingerprint density at radius 1 is 1.35 bits per heavy atom. The van der Waals surface area contributed by atoms with E-state index >= 15 is 0 Å². The van der Waals surface area contributed by atoms with Gasteiger partial charge in [0, 0.05) is 11.0 Å². The van der Waals surface area contributed by atoms with Crippen molar-refractivity contribution >= 4 is 27.9 Å². The van der Waals surface area contributed by atoms with Crippen LogP contribution in [0.2, 0.25) is 0 Å². The van der Waals surface area contributed by atoms with E-state index < -0.39 is 18.6 Å². The molecule has 0 saturated carbocycles. The van der Waals surface area contributed by atoms with Crippen LogP contribution < -0.4 is 10.8 Å². The van der Waals surface area contributed by atoms with E-state index in [1.165, 1.54) is 0 Å². The lowest BCUT2D eigenvalue weighted by molar-refractivity contribution is -0.144. The number of hydrogen-bond donors (Lipinski definition) is 3. The van der Waals surface area contributed by atoms with Crippen molar-refractivity contribution in [2.75, 3.05) is 6.61 Å². The van der Waals surface area contributed by atoms with Crippen molar-refractivity contribution in [1.82, 2.24) is 10.8 Å². The number of nitrogens with one attached hydrogen (secondary N) is 2. The third kappa shape index (κ3) is 5.32. The zero-order valence-electron chi connectivity index (χ0n) is 8.77. The summed E-state index contributed by atoms with van der Waals surface area (Å²) in [7, 11) is 0. The summed E-state index contributed by atoms with van der Waals surface area (Å²) in [5.74, 6) is -1.16. The van der Waals surface area contributed by atoms with Crippen molar-refractivity contribution < 1.29 is 19.5 Å². The molecule has 0 bridgehead atoms. The number of amides is 2. The fourth-order valence-electron chi connectivity index (χ4n) is 1.02. The van der Waals surface area contributed by atoms with Gasteiger partial charge in [0.25, 0.3) is 0 Å². The molecule has 0 aliphatic carbocycles. The standard InChI is InChI=1S/C10H11BrN2O4/c11-8-4-2-1-3-7(8)5-12-10(16)13-17-6-9(14)15/h1-4H,5-6H2,(H,14,15)(H2,12,13,16). The number of carbonyl (C=O) groups excluding carboxylic acids is 1. The summed E-state index contributed by atoms with van der Waals surface area (Å²) in [6.07, 6.45) is 0. The van der Waals surface area contributed by atoms with Gasteiger partial charge in [0.2, 0.25) is 0 Å². The number of halogens is 1. The smallest absolute Gasteiger partial charge is 0.338 e. The van der Waals surface area contributed by atoms with E-state index in [0.717, 1.165) is 10.0 Å². The lowest BCUT2D eigenvalue weighted by Crippen LogP contribution is -2.36. The van der Waals surface area contributed by atoms with Crippen molar-refractivity contribution in [1.29, 1.82) is 0 Å². The fraction of sp³-hybridized carbons (Fsp3) is 0.200. The minimum absolute atomic E-state index is 0.309. The molecular formula is C10H11BrN2O4. The number of carbonyl (C=O) groups is 2. The van der Waals surface area contributed by atoms with Crippen LogP contribution in [-0.2, 0) is 16.2 Å². The average Bonchev–Trinajstić information content (AvgIpc) is 2.27. The van der Waals surface area contributed by atoms with E-state index in [1.54, 1.807) is 0 Å². The Hall–Kier alpha value is -1.60. The molecule has 0 spiro atoms. The molecule has 17 heavy (non-hydrogen) atoms. The van der Waals surface area contributed by atoms with E-state index in [2.05, 4.69) is 26.1 Å². The van der Waals surface area contributed by atoms with E-state index in [0.29, 0.717) is 6.54 Å². The van der Waals surface area contributed by atoms with Crippen LogP contribution in [-0.4, -0.2) is 23.7 Å². The second-order valence-electron chi connectivity index (χ2n) is 3.06. The summed E-state index contributed by atoms with van der Waals surface area (Å²) < 4.78 is 0.881. The summed E-state index contributed by atoms with van der Waals surface area (Å²) in [5, 5.41) is 10.8. The highest BCUT2D eigenvalue weighted by atomic mass is 79.9. The zero-order chi connectivity index (χ0) is 12.7. The van der Waals surface area contributed by atoms with Crippen LogP contribution in [0.15, 0.2) is 28.7 Å². The number of hydroxylamine groups is 1. The van der Waals surface area contributed by atoms with Crippen LogP contribution in [0.3, 0.4) is 0 Å². The Balaban J connectivity index is 2.29. The minimum atomic E-state index is -1.16. The SMILES string of the molecule is O=C(O)CONC(=O)NCc1ccccc1Br. The Morgan fingerprint density at radius 3 is 2.71 bits per heavy atom. The number of urea groups is 1. The third-order valence-corrected chi connectivity index (χ3v) is 2.53. The number of benzene rings is 1. The molecule has 92 valence electrons. The summed E-state index contributed by atoms with van der Waals surface area (Å²) in [5.41, 5.74) is 2.86. The molecule has 1 aromatic rings. The topological polar surface area (TPSA) is 87.7 Å². The number of hydrogen-bond acceptors (Lipinski definition) is 3. The first-order valence-electron chi connectivity index (χ1n) is 4.70. The molecule has 0 aromatic heterocycles. The van der Waals surface area contributed by atoms with Crippen LogP contribution in [0.5, 0.6) is 0 Å². The predicted octanol–water partition coefficient (Wildman–Crippen LogP) is 1.26. The second kappa shape index (κ2) is 6.87. The quantitative estimate of drug-likeness (QED) is 0.715. The maximum Gasteiger partial charge on any atom is 0.338 e. The van der Waals surface area contributed by atoms with Crippen LogP contribution in [0.25, 0.3) is 0 Å². The number of carboxylic acid groups (broad SMARTS) is 1. The highest BCUT2D eigenvalue weighted by Gasteiger charge is 2.03. The van der Waals surface area contributed by atoms with Crippen LogP contribution in [0, 0.1) is 0 Å². The molecular weight excluding hydrogens is 292 g/mol. The lowest BCUT2D eigenvalue weighted by Gasteiger charge is -2.07. The molecule has 3 N–H and O–H groups in total. The van der Waals surface area contributed by atoms with E-state index in [1.807, 2.05) is 29.7 Å². The van der Waals surface area contributed by atoms with E-state index in [4.69, 9.17) is 5.11 Å². The van der Waals surface area contributed by atoms with Gasteiger partial charge >= 0.3 is 12.0 Å². The summed E-state index contributed by atoms with van der Waals surface area (Å²) >= 11 is 3.34. The highest BCUT2D eigenvalue weighted by molar-refractivity contribution is 9.10. The molecule has 0 atom stereocenters. The van der Waals surface area contributed by atoms with E-state index in [9.17, 15) is 9.59 Å². The van der Waals surface area contributed by atoms with Gasteiger partial charge in [-0.3, -0.25) is 4.84 Å². The monoisotopic (exact) mass is 302 g/mol. The molecule has 0 heterocycles. The van der Waals surface area contributed by atoms with Gasteiger partial charge in [0.15, 0.2) is 6.61 Å². The Kier molecular flexibility index (Phi) is 5.44. The largest absolute Gasteiger partial charge is 0.479 e. The number of rotatable bonds is 5. The molecule has 0 saturated heterocycles. The summed E-state index contributed by atoms with van der Waals surface area (Å²) in [6.45, 7) is -0.272. The normalized spacial score (nSPS) is 9.71. The van der Waals surface area contributed by atoms with Crippen LogP contribution in [0.4, 0.5) is 4.79 Å². The second-order valence-corrected chi connectivity index (χ2v) is 3.91. The van der Waals surface area contributed by atoms with Gasteiger partial charge in [0.1, 0.15) is 0 Å². The first-order valence-corrected chi connectivity index (χ1v) is 5.49. The van der Waals surface area contributed by atoms with Crippen molar-refractivity contribution in [3.63, 3.8) is 0 Å². The van der Waals surface area contributed by atoms with Gasteiger partial charge < -0.3 is 10.4 Å². The van der Waals surface area contributed by atoms with Crippen molar-refractivity contribution in [2.45, 2.75) is 6.54 Å². The molecule has 0 unspecified atom stereocenters. The van der Waals surface area contributed by atoms with Gasteiger partial charge in [-0.15, -0.1) is 0 Å². The van der Waals surface area contributed by atoms with Gasteiger partial charge in [-0.25, -0.2) is 15.1 Å². The molecule has 2 amide bonds. The van der Waals surface area contributed by atoms with Crippen LogP contribution in [0.1, 0.15) is 5.56 Å². The van der Waals surface area contributed by atoms with Gasteiger partial charge in [-0.1, -0.05) is 34.1 Å². The van der Waals surface area contributed by atoms with Gasteiger partial charge in [0.05, 0.1) is 0 Å². The third-order valence-electron chi connectivity index (χ3n) is 1.76. The molecule has 7 heteroatoms. The first kappa shape index (κ1) is 13.5. The van der Waals surface area contributed by atoms with Gasteiger partial charge in [-0.2, -0.15) is 0 Å². The fourth-order valence-corrected chi connectivity index (χ4v) is 1.44. The minimum Gasteiger partial charge on any atom is -0.479 e. The molecule has 0 aliphatic rings. The summed E-state index contributed by atoms with van der Waals surface area (Å²) in [4.78, 5) is 25.7. The maximum absolute atomic E-state index is 11.2. The molecule has 0 radical (unpaired) electrons. The number of aliphatic carboxylic acids is 1. The predicted molar refractivity (Wildman–Crippen MR) is 63.1 cm³/mol. The Morgan fingerprint density at radius 2 is 2.06 bits per heavy atom. The molecule has 6 nitrogen and oxygen atoms in total. The highest BCUT2D eigenvalue weighted by Crippen LogP contribution is 2.14. The van der Waals surface area contributed by atoms with Crippen molar-refractivity contribution in [3.8, 4) is 0 Å². The van der Waals surface area contributed by atoms with Crippen molar-refractivity contribution in [3.05, 3.63) is 34.3 Å². The average molecular weight is 303 g/mol. The molecule has 1 rings (SSSR count). The maximum atomic E-state index is 11.2. The molecule has 1 aromatic carbocycles. The number of carboxylic acids is 1. The Labute approximate surface area is 106 Å². The van der Waals surface area contributed by atoms with Crippen molar-refractivity contribution in [2.24, 2.45) is 0 Å². The lowest BCUT2D eigenvalue weighted by atomic mass is 10.2. The molecule has 0 aliphatic heterocycles. The summed E-state index contributed by atoms with van der Waals surface area (Å²) in [6, 6.07) is 6.82. The van der Waals surface area contributed by atoms with Crippen LogP contribution >= 0.6 is 15.9 Å². The Bertz CT molecular complexity index is 411. The van der Waals surface area contributed by atoms with Gasteiger partial charge in [-0.05, 0) is 11.6 Å². The molecule has 0 fully saturated rings. The zero-order valence-corrected chi connectivity index (χ0v) is 10.4.